The van der Waals surface area contributed by atoms with E-state index >= 15 is 0 Å². The number of halogens is 2. The van der Waals surface area contributed by atoms with Crippen LogP contribution in [0.3, 0.4) is 0 Å². The SMILES string of the molecule is C[NH+]1[C@@H]2CC[C@H]1/C(=C/c1ccccc1Cl)C(=O)/C2=C\c1ccccc1Cl. The second-order valence-corrected chi connectivity index (χ2v) is 7.81. The largest absolute Gasteiger partial charge is 0.325 e. The first-order valence-electron chi connectivity index (χ1n) is 8.86. The van der Waals surface area contributed by atoms with Gasteiger partial charge in [0.05, 0.1) is 18.2 Å². The lowest BCUT2D eigenvalue weighted by Crippen LogP contribution is -3.16. The van der Waals surface area contributed by atoms with Crippen molar-refractivity contribution in [1.82, 2.24) is 0 Å². The predicted octanol–water partition coefficient (Wildman–Crippen LogP) is 4.09. The summed E-state index contributed by atoms with van der Waals surface area (Å²) < 4.78 is 0. The summed E-state index contributed by atoms with van der Waals surface area (Å²) in [6, 6.07) is 15.8. The zero-order chi connectivity index (χ0) is 18.3. The fourth-order valence-corrected chi connectivity index (χ4v) is 4.55. The number of piperidine rings is 1. The molecule has 4 heteroatoms. The van der Waals surface area contributed by atoms with Gasteiger partial charge in [0.15, 0.2) is 5.78 Å². The zero-order valence-electron chi connectivity index (χ0n) is 14.5. The fraction of sp³-hybridized carbons (Fsp3) is 0.227. The molecule has 0 saturated carbocycles. The van der Waals surface area contributed by atoms with Crippen LogP contribution >= 0.6 is 23.2 Å². The molecular formula is C22H20Cl2NO+. The van der Waals surface area contributed by atoms with Crippen molar-refractivity contribution in [3.8, 4) is 0 Å². The summed E-state index contributed by atoms with van der Waals surface area (Å²) in [5.41, 5.74) is 3.49. The Kier molecular flexibility index (Phi) is 4.74. The summed E-state index contributed by atoms with van der Waals surface area (Å²) in [5.74, 6) is 0.128. The van der Waals surface area contributed by atoms with Crippen molar-refractivity contribution in [1.29, 1.82) is 0 Å². The van der Waals surface area contributed by atoms with E-state index in [0.29, 0.717) is 10.0 Å². The van der Waals surface area contributed by atoms with Crippen LogP contribution < -0.4 is 4.90 Å². The Hall–Kier alpha value is -1.87. The van der Waals surface area contributed by atoms with Gasteiger partial charge >= 0.3 is 0 Å². The van der Waals surface area contributed by atoms with Crippen molar-refractivity contribution in [2.45, 2.75) is 24.9 Å². The molecule has 26 heavy (non-hydrogen) atoms. The van der Waals surface area contributed by atoms with E-state index in [1.807, 2.05) is 60.7 Å². The number of carbonyl (C=O) groups excluding carboxylic acids is 1. The van der Waals surface area contributed by atoms with Crippen LogP contribution in [0.25, 0.3) is 12.2 Å². The summed E-state index contributed by atoms with van der Waals surface area (Å²) in [4.78, 5) is 14.7. The van der Waals surface area contributed by atoms with E-state index in [2.05, 4.69) is 7.05 Å². The molecule has 0 aliphatic carbocycles. The molecule has 4 rings (SSSR count). The van der Waals surface area contributed by atoms with Crippen LogP contribution in [0, 0.1) is 0 Å². The van der Waals surface area contributed by atoms with Gasteiger partial charge in [0.25, 0.3) is 0 Å². The highest BCUT2D eigenvalue weighted by atomic mass is 35.5. The summed E-state index contributed by atoms with van der Waals surface area (Å²) in [5, 5.41) is 1.34. The molecule has 2 nitrogen and oxygen atoms in total. The maximum Gasteiger partial charge on any atom is 0.196 e. The smallest absolute Gasteiger partial charge is 0.196 e. The van der Waals surface area contributed by atoms with Gasteiger partial charge in [0.1, 0.15) is 12.1 Å². The van der Waals surface area contributed by atoms with Gasteiger partial charge in [0.2, 0.25) is 0 Å². The third kappa shape index (κ3) is 3.03. The van der Waals surface area contributed by atoms with Gasteiger partial charge < -0.3 is 4.90 Å². The molecule has 0 radical (unpaired) electrons. The Morgan fingerprint density at radius 3 is 1.69 bits per heavy atom. The molecule has 2 saturated heterocycles. The van der Waals surface area contributed by atoms with Crippen molar-refractivity contribution < 1.29 is 9.69 Å². The number of nitrogens with one attached hydrogen (secondary N) is 1. The van der Waals surface area contributed by atoms with Crippen molar-refractivity contribution in [2.24, 2.45) is 0 Å². The number of quaternary nitrogens is 1. The molecule has 2 fully saturated rings. The molecule has 0 aromatic heterocycles. The maximum atomic E-state index is 13.3. The number of carbonyl (C=O) groups is 1. The molecule has 0 spiro atoms. The van der Waals surface area contributed by atoms with E-state index in [1.54, 1.807) is 0 Å². The Balaban J connectivity index is 1.81. The summed E-state index contributed by atoms with van der Waals surface area (Å²) in [6.45, 7) is 0. The van der Waals surface area contributed by atoms with Crippen molar-refractivity contribution in [3.05, 3.63) is 80.8 Å². The van der Waals surface area contributed by atoms with E-state index < -0.39 is 0 Å². The average molecular weight is 385 g/mol. The van der Waals surface area contributed by atoms with Gasteiger partial charge in [-0.3, -0.25) is 4.79 Å². The van der Waals surface area contributed by atoms with Crippen LogP contribution in [-0.4, -0.2) is 24.9 Å². The molecule has 2 aromatic carbocycles. The van der Waals surface area contributed by atoms with Crippen molar-refractivity contribution >= 4 is 41.1 Å². The number of likely N-dealkylation sites (N-methyl/N-ethyl adjacent to an activating group) is 1. The second kappa shape index (κ2) is 7.03. The molecule has 0 amide bonds. The molecule has 2 heterocycles. The molecule has 132 valence electrons. The molecule has 2 aliphatic rings. The van der Waals surface area contributed by atoms with Crippen LogP contribution in [0.15, 0.2) is 59.7 Å². The average Bonchev–Trinajstić information content (AvgIpc) is 2.94. The monoisotopic (exact) mass is 384 g/mol. The van der Waals surface area contributed by atoms with Crippen LogP contribution in [0.1, 0.15) is 24.0 Å². The van der Waals surface area contributed by atoms with E-state index in [-0.39, 0.29) is 17.9 Å². The van der Waals surface area contributed by atoms with Crippen molar-refractivity contribution in [2.75, 3.05) is 7.05 Å². The normalized spacial score (nSPS) is 28.1. The van der Waals surface area contributed by atoms with Gasteiger partial charge in [-0.2, -0.15) is 0 Å². The minimum Gasteiger partial charge on any atom is -0.325 e. The Morgan fingerprint density at radius 2 is 1.27 bits per heavy atom. The van der Waals surface area contributed by atoms with E-state index in [1.165, 1.54) is 4.90 Å². The van der Waals surface area contributed by atoms with Gasteiger partial charge in [0, 0.05) is 22.9 Å². The molecule has 2 aromatic rings. The van der Waals surface area contributed by atoms with Gasteiger partial charge in [-0.05, 0) is 35.4 Å². The van der Waals surface area contributed by atoms with Crippen molar-refractivity contribution in [3.63, 3.8) is 0 Å². The molecule has 2 bridgehead atoms. The minimum atomic E-state index is 0.128. The number of ketones is 1. The fourth-order valence-electron chi connectivity index (χ4n) is 4.17. The first-order chi connectivity index (χ1) is 12.6. The van der Waals surface area contributed by atoms with E-state index in [0.717, 1.165) is 35.1 Å². The molecular weight excluding hydrogens is 365 g/mol. The van der Waals surface area contributed by atoms with Crippen LogP contribution in [0.4, 0.5) is 0 Å². The predicted molar refractivity (Wildman–Crippen MR) is 108 cm³/mol. The number of fused-ring (bicyclic) bond motifs is 2. The number of Topliss-reactive ketones (excluding diaryl/α,β-unsaturated/α-hetero) is 1. The highest BCUT2D eigenvalue weighted by Crippen LogP contribution is 2.32. The molecule has 3 atom stereocenters. The lowest BCUT2D eigenvalue weighted by molar-refractivity contribution is -0.906. The summed E-state index contributed by atoms with van der Waals surface area (Å²) >= 11 is 12.6. The van der Waals surface area contributed by atoms with Crippen LogP contribution in [-0.2, 0) is 4.79 Å². The Labute approximate surface area is 163 Å². The van der Waals surface area contributed by atoms with Gasteiger partial charge in [-0.1, -0.05) is 59.6 Å². The highest BCUT2D eigenvalue weighted by molar-refractivity contribution is 6.33. The van der Waals surface area contributed by atoms with E-state index in [9.17, 15) is 4.79 Å². The third-order valence-corrected chi connectivity index (χ3v) is 6.24. The van der Waals surface area contributed by atoms with E-state index in [4.69, 9.17) is 23.2 Å². The highest BCUT2D eigenvalue weighted by Gasteiger charge is 2.48. The number of hydrogen-bond acceptors (Lipinski definition) is 1. The Bertz CT molecular complexity index is 858. The Morgan fingerprint density at radius 1 is 0.846 bits per heavy atom. The molecule has 2 aliphatic heterocycles. The number of hydrogen-bond donors (Lipinski definition) is 1. The number of rotatable bonds is 2. The van der Waals surface area contributed by atoms with Crippen LogP contribution in [0.5, 0.6) is 0 Å². The van der Waals surface area contributed by atoms with Crippen LogP contribution in [0.2, 0.25) is 10.0 Å². The summed E-state index contributed by atoms with van der Waals surface area (Å²) in [6.07, 6.45) is 5.97. The second-order valence-electron chi connectivity index (χ2n) is 7.00. The lowest BCUT2D eigenvalue weighted by atomic mass is 9.88. The van der Waals surface area contributed by atoms with Gasteiger partial charge in [-0.15, -0.1) is 0 Å². The first-order valence-corrected chi connectivity index (χ1v) is 9.62. The number of benzene rings is 2. The first kappa shape index (κ1) is 17.5. The lowest BCUT2D eigenvalue weighted by Gasteiger charge is -2.31. The quantitative estimate of drug-likeness (QED) is 0.773. The third-order valence-electron chi connectivity index (χ3n) is 5.55. The summed E-state index contributed by atoms with van der Waals surface area (Å²) in [7, 11) is 2.18. The maximum absolute atomic E-state index is 13.3. The molecule has 1 unspecified atom stereocenters. The zero-order valence-corrected chi connectivity index (χ0v) is 16.0. The topological polar surface area (TPSA) is 21.5 Å². The van der Waals surface area contributed by atoms with Gasteiger partial charge in [-0.25, -0.2) is 0 Å². The standard InChI is InChI=1S/C22H19Cl2NO/c1-25-20-10-11-21(25)17(13-15-7-3-5-9-19(15)24)22(26)16(20)12-14-6-2-4-8-18(14)23/h2-9,12-13,20-21H,10-11H2,1H3/p+1/b16-12-,17-13-/t20-,21+. The minimum absolute atomic E-state index is 0.128. The molecule has 1 N–H and O–H groups in total.